The predicted molar refractivity (Wildman–Crippen MR) is 117 cm³/mol. The molecule has 1 saturated heterocycles. The smallest absolute Gasteiger partial charge is 0.256 e. The van der Waals surface area contributed by atoms with Gasteiger partial charge < -0.3 is 14.8 Å². The fourth-order valence-electron chi connectivity index (χ4n) is 3.57. The first kappa shape index (κ1) is 21.2. The zero-order valence-corrected chi connectivity index (χ0v) is 18.1. The Morgan fingerprint density at radius 1 is 1.13 bits per heavy atom. The van der Waals surface area contributed by atoms with Crippen LogP contribution in [0, 0.1) is 6.92 Å². The zero-order chi connectivity index (χ0) is 22.0. The van der Waals surface area contributed by atoms with E-state index < -0.39 is 10.0 Å². The van der Waals surface area contributed by atoms with Crippen molar-refractivity contribution in [1.82, 2.24) is 9.29 Å². The summed E-state index contributed by atoms with van der Waals surface area (Å²) in [5, 5.41) is 3.52. The fourth-order valence-corrected chi connectivity index (χ4v) is 5.00. The molecule has 2 aromatic carbocycles. The normalized spacial score (nSPS) is 15.0. The Morgan fingerprint density at radius 3 is 2.61 bits per heavy atom. The minimum atomic E-state index is -3.71. The quantitative estimate of drug-likeness (QED) is 0.654. The van der Waals surface area contributed by atoms with Gasteiger partial charge in [0.25, 0.3) is 5.91 Å². The number of aromatic nitrogens is 1. The Balaban J connectivity index is 1.70. The molecule has 0 atom stereocenters. The molecule has 0 bridgehead atoms. The van der Waals surface area contributed by atoms with Gasteiger partial charge in [0, 0.05) is 24.2 Å². The number of benzene rings is 2. The van der Waals surface area contributed by atoms with Crippen molar-refractivity contribution >= 4 is 32.5 Å². The number of aryl methyl sites for hydroxylation is 1. The average molecular weight is 442 g/mol. The summed E-state index contributed by atoms with van der Waals surface area (Å²) in [6.07, 6.45) is 0. The molecule has 4 rings (SSSR count). The lowest BCUT2D eigenvalue weighted by atomic mass is 10.1. The van der Waals surface area contributed by atoms with Gasteiger partial charge in [0.2, 0.25) is 10.0 Å². The number of carbonyl (C=O) groups is 1. The molecule has 1 N–H and O–H groups in total. The number of hydrogen-bond acceptors (Lipinski definition) is 6. The third-order valence-electron chi connectivity index (χ3n) is 5.12. The third kappa shape index (κ3) is 4.25. The first-order valence-corrected chi connectivity index (χ1v) is 11.3. The van der Waals surface area contributed by atoms with E-state index in [9.17, 15) is 13.2 Å². The Labute approximate surface area is 180 Å². The number of fused-ring (bicyclic) bond motifs is 1. The highest BCUT2D eigenvalue weighted by molar-refractivity contribution is 7.89. The molecule has 0 saturated carbocycles. The molecule has 1 aromatic heterocycles. The highest BCUT2D eigenvalue weighted by Gasteiger charge is 2.27. The van der Waals surface area contributed by atoms with Crippen LogP contribution in [0.5, 0.6) is 5.75 Å². The summed E-state index contributed by atoms with van der Waals surface area (Å²) in [5.41, 5.74) is 2.15. The number of rotatable bonds is 5. The predicted octanol–water partition coefficient (Wildman–Crippen LogP) is 2.83. The van der Waals surface area contributed by atoms with Crippen molar-refractivity contribution in [2.24, 2.45) is 0 Å². The summed E-state index contributed by atoms with van der Waals surface area (Å²) >= 11 is 0. The van der Waals surface area contributed by atoms with Gasteiger partial charge in [-0.05, 0) is 37.3 Å². The van der Waals surface area contributed by atoms with Gasteiger partial charge in [-0.3, -0.25) is 9.78 Å². The zero-order valence-electron chi connectivity index (χ0n) is 17.3. The summed E-state index contributed by atoms with van der Waals surface area (Å²) in [6, 6.07) is 13.5. The van der Waals surface area contributed by atoms with Crippen molar-refractivity contribution in [2.75, 3.05) is 38.7 Å². The van der Waals surface area contributed by atoms with E-state index in [1.807, 2.05) is 31.2 Å². The molecule has 9 heteroatoms. The molecule has 1 amide bonds. The van der Waals surface area contributed by atoms with Gasteiger partial charge >= 0.3 is 0 Å². The second kappa shape index (κ2) is 8.62. The van der Waals surface area contributed by atoms with E-state index in [-0.39, 0.29) is 16.5 Å². The number of hydrogen-bond donors (Lipinski definition) is 1. The summed E-state index contributed by atoms with van der Waals surface area (Å²) < 4.78 is 38.0. The van der Waals surface area contributed by atoms with E-state index in [1.54, 1.807) is 12.1 Å². The molecular weight excluding hydrogens is 418 g/mol. The average Bonchev–Trinajstić information content (AvgIpc) is 2.79. The maximum absolute atomic E-state index is 13.1. The first-order chi connectivity index (χ1) is 14.9. The Morgan fingerprint density at radius 2 is 1.87 bits per heavy atom. The SMILES string of the molecule is COc1ccc(S(=O)(=O)N2CCOCC2)cc1NC(=O)c1cc(C)nc2ccccc12. The number of ether oxygens (including phenoxy) is 2. The van der Waals surface area contributed by atoms with Gasteiger partial charge in [0.1, 0.15) is 5.75 Å². The Kier molecular flexibility index (Phi) is 5.90. The number of methoxy groups -OCH3 is 1. The van der Waals surface area contributed by atoms with E-state index in [1.165, 1.54) is 23.5 Å². The van der Waals surface area contributed by atoms with Crippen molar-refractivity contribution in [3.8, 4) is 5.75 Å². The standard InChI is InChI=1S/C22H23N3O5S/c1-15-13-18(17-5-3-4-6-19(17)23-15)22(26)24-20-14-16(7-8-21(20)29-2)31(27,28)25-9-11-30-12-10-25/h3-8,13-14H,9-12H2,1-2H3,(H,24,26). The number of para-hydroxylation sites is 1. The molecule has 0 aliphatic carbocycles. The number of amides is 1. The largest absolute Gasteiger partial charge is 0.495 e. The summed E-state index contributed by atoms with van der Waals surface area (Å²) in [5.74, 6) is -0.00900. The van der Waals surface area contributed by atoms with Crippen LogP contribution in [-0.4, -0.2) is 57.0 Å². The molecule has 31 heavy (non-hydrogen) atoms. The highest BCUT2D eigenvalue weighted by atomic mass is 32.2. The minimum Gasteiger partial charge on any atom is -0.495 e. The second-order valence-electron chi connectivity index (χ2n) is 7.16. The van der Waals surface area contributed by atoms with Crippen LogP contribution in [0.2, 0.25) is 0 Å². The van der Waals surface area contributed by atoms with Crippen LogP contribution in [0.25, 0.3) is 10.9 Å². The number of nitrogens with zero attached hydrogens (tertiary/aromatic N) is 2. The van der Waals surface area contributed by atoms with Crippen LogP contribution >= 0.6 is 0 Å². The molecule has 0 spiro atoms. The van der Waals surface area contributed by atoms with Crippen molar-refractivity contribution in [2.45, 2.75) is 11.8 Å². The topological polar surface area (TPSA) is 97.8 Å². The Bertz CT molecular complexity index is 1240. The maximum Gasteiger partial charge on any atom is 0.256 e. The number of sulfonamides is 1. The molecule has 2 heterocycles. The van der Waals surface area contributed by atoms with Crippen LogP contribution < -0.4 is 10.1 Å². The van der Waals surface area contributed by atoms with Crippen LogP contribution in [0.15, 0.2) is 53.4 Å². The molecular formula is C22H23N3O5S. The Hall–Kier alpha value is -3.01. The molecule has 1 fully saturated rings. The first-order valence-electron chi connectivity index (χ1n) is 9.84. The van der Waals surface area contributed by atoms with Crippen LogP contribution in [-0.2, 0) is 14.8 Å². The van der Waals surface area contributed by atoms with Crippen LogP contribution in [0.3, 0.4) is 0 Å². The van der Waals surface area contributed by atoms with Crippen molar-refractivity contribution in [3.63, 3.8) is 0 Å². The summed E-state index contributed by atoms with van der Waals surface area (Å²) in [6.45, 7) is 3.11. The number of nitrogens with one attached hydrogen (secondary N) is 1. The van der Waals surface area contributed by atoms with Gasteiger partial charge in [-0.1, -0.05) is 18.2 Å². The molecule has 3 aromatic rings. The number of morpholine rings is 1. The summed E-state index contributed by atoms with van der Waals surface area (Å²) in [4.78, 5) is 17.7. The van der Waals surface area contributed by atoms with E-state index in [0.29, 0.717) is 54.2 Å². The van der Waals surface area contributed by atoms with Gasteiger partial charge in [-0.15, -0.1) is 0 Å². The lowest BCUT2D eigenvalue weighted by molar-refractivity contribution is 0.0730. The van der Waals surface area contributed by atoms with E-state index in [2.05, 4.69) is 10.3 Å². The fraction of sp³-hybridized carbons (Fsp3) is 0.273. The van der Waals surface area contributed by atoms with Gasteiger partial charge in [-0.25, -0.2) is 8.42 Å². The summed E-state index contributed by atoms with van der Waals surface area (Å²) in [7, 11) is -2.25. The van der Waals surface area contributed by atoms with Crippen LogP contribution in [0.1, 0.15) is 16.1 Å². The minimum absolute atomic E-state index is 0.0845. The van der Waals surface area contributed by atoms with Gasteiger partial charge in [0.05, 0.1) is 42.0 Å². The molecule has 162 valence electrons. The van der Waals surface area contributed by atoms with Crippen molar-refractivity contribution in [1.29, 1.82) is 0 Å². The second-order valence-corrected chi connectivity index (χ2v) is 9.10. The van der Waals surface area contributed by atoms with Gasteiger partial charge in [0.15, 0.2) is 0 Å². The monoisotopic (exact) mass is 441 g/mol. The molecule has 0 unspecified atom stereocenters. The number of pyridine rings is 1. The van der Waals surface area contributed by atoms with Crippen molar-refractivity contribution in [3.05, 3.63) is 59.8 Å². The number of carbonyl (C=O) groups excluding carboxylic acids is 1. The van der Waals surface area contributed by atoms with Crippen molar-refractivity contribution < 1.29 is 22.7 Å². The molecule has 1 aliphatic heterocycles. The van der Waals surface area contributed by atoms with E-state index >= 15 is 0 Å². The highest BCUT2D eigenvalue weighted by Crippen LogP contribution is 2.30. The van der Waals surface area contributed by atoms with E-state index in [0.717, 1.165) is 0 Å². The van der Waals surface area contributed by atoms with Crippen LogP contribution in [0.4, 0.5) is 5.69 Å². The molecule has 0 radical (unpaired) electrons. The molecule has 1 aliphatic rings. The molecule has 8 nitrogen and oxygen atoms in total. The lowest BCUT2D eigenvalue weighted by Gasteiger charge is -2.26. The van der Waals surface area contributed by atoms with Gasteiger partial charge in [-0.2, -0.15) is 4.31 Å². The lowest BCUT2D eigenvalue weighted by Crippen LogP contribution is -2.40. The maximum atomic E-state index is 13.1. The third-order valence-corrected chi connectivity index (χ3v) is 7.01. The van der Waals surface area contributed by atoms with E-state index in [4.69, 9.17) is 9.47 Å². The number of anilines is 1.